The minimum atomic E-state index is -2.41. The molecular weight excluding hydrogens is 226 g/mol. The van der Waals surface area contributed by atoms with Gasteiger partial charge in [-0.25, -0.2) is 8.78 Å². The third-order valence-electron chi connectivity index (χ3n) is 2.15. The smallest absolute Gasteiger partial charge is 0.204 e. The molecule has 0 spiro atoms. The molecule has 1 aromatic carbocycles. The molecule has 2 aromatic rings. The first-order chi connectivity index (χ1) is 6.61. The number of thiophene rings is 1. The molecule has 1 aromatic heterocycles. The first kappa shape index (κ1) is 9.87. The number of halogens is 3. The lowest BCUT2D eigenvalue weighted by atomic mass is 10.1. The van der Waals surface area contributed by atoms with E-state index in [1.165, 1.54) is 0 Å². The monoisotopic (exact) mass is 232 g/mol. The maximum Gasteiger partial charge on any atom is 0.273 e. The van der Waals surface area contributed by atoms with Crippen LogP contribution in [-0.2, 0) is 0 Å². The Morgan fingerprint density at radius 3 is 2.64 bits per heavy atom. The van der Waals surface area contributed by atoms with E-state index in [2.05, 4.69) is 0 Å². The normalized spacial score (nSPS) is 11.5. The molecule has 2 rings (SSSR count). The van der Waals surface area contributed by atoms with Crippen LogP contribution in [0.15, 0.2) is 18.2 Å². The first-order valence-corrected chi connectivity index (χ1v) is 5.26. The Labute approximate surface area is 89.1 Å². The van der Waals surface area contributed by atoms with Crippen LogP contribution in [-0.4, -0.2) is 0 Å². The molecule has 0 fully saturated rings. The van der Waals surface area contributed by atoms with E-state index in [4.69, 9.17) is 11.6 Å². The molecule has 0 atom stereocenters. The topological polar surface area (TPSA) is 0 Å². The van der Waals surface area contributed by atoms with E-state index in [0.29, 0.717) is 10.6 Å². The molecule has 14 heavy (non-hydrogen) atoms. The summed E-state index contributed by atoms with van der Waals surface area (Å²) in [6.45, 7) is 1.71. The number of alkyl halides is 2. The van der Waals surface area contributed by atoms with E-state index in [-0.39, 0.29) is 4.88 Å². The van der Waals surface area contributed by atoms with Crippen molar-refractivity contribution in [1.82, 2.24) is 0 Å². The molecule has 0 unspecified atom stereocenters. The third kappa shape index (κ3) is 1.41. The minimum absolute atomic E-state index is 0.119. The SMILES string of the molecule is Cc1c(C(F)F)sc2c(Cl)cccc12. The summed E-state index contributed by atoms with van der Waals surface area (Å²) in [6.07, 6.45) is -2.41. The van der Waals surface area contributed by atoms with Gasteiger partial charge in [-0.2, -0.15) is 0 Å². The Kier molecular flexibility index (Phi) is 2.45. The summed E-state index contributed by atoms with van der Waals surface area (Å²) in [5, 5.41) is 1.38. The molecule has 0 aliphatic carbocycles. The number of fused-ring (bicyclic) bond motifs is 1. The first-order valence-electron chi connectivity index (χ1n) is 4.07. The second-order valence-electron chi connectivity index (χ2n) is 3.01. The molecule has 0 aliphatic rings. The van der Waals surface area contributed by atoms with E-state index in [1.807, 2.05) is 6.07 Å². The molecule has 1 heterocycles. The summed E-state index contributed by atoms with van der Waals surface area (Å²) in [5.74, 6) is 0. The highest BCUT2D eigenvalue weighted by Crippen LogP contribution is 2.39. The van der Waals surface area contributed by atoms with Gasteiger partial charge in [0, 0.05) is 0 Å². The predicted molar refractivity (Wildman–Crippen MR) is 56.5 cm³/mol. The van der Waals surface area contributed by atoms with Crippen molar-refractivity contribution in [2.24, 2.45) is 0 Å². The van der Waals surface area contributed by atoms with Crippen LogP contribution in [0.25, 0.3) is 10.1 Å². The molecule has 0 nitrogen and oxygen atoms in total. The fourth-order valence-corrected chi connectivity index (χ4v) is 2.79. The zero-order valence-electron chi connectivity index (χ0n) is 7.35. The molecule has 0 N–H and O–H groups in total. The van der Waals surface area contributed by atoms with Crippen LogP contribution in [0.2, 0.25) is 5.02 Å². The Balaban J connectivity index is 2.80. The standard InChI is InChI=1S/C10H7ClF2S/c1-5-6-3-2-4-7(11)9(6)14-8(5)10(12)13/h2-4,10H,1H3. The lowest BCUT2D eigenvalue weighted by Gasteiger charge is -1.95. The Morgan fingerprint density at radius 2 is 2.07 bits per heavy atom. The maximum absolute atomic E-state index is 12.6. The molecule has 0 aliphatic heterocycles. The van der Waals surface area contributed by atoms with Crippen molar-refractivity contribution in [2.75, 3.05) is 0 Å². The minimum Gasteiger partial charge on any atom is -0.204 e. The van der Waals surface area contributed by atoms with Gasteiger partial charge in [-0.05, 0) is 23.9 Å². The fraction of sp³-hybridized carbons (Fsp3) is 0.200. The van der Waals surface area contributed by atoms with Crippen LogP contribution in [0, 0.1) is 6.92 Å². The molecular formula is C10H7ClF2S. The molecule has 0 amide bonds. The van der Waals surface area contributed by atoms with Crippen molar-refractivity contribution in [3.63, 3.8) is 0 Å². The van der Waals surface area contributed by atoms with Gasteiger partial charge in [0.2, 0.25) is 0 Å². The quantitative estimate of drug-likeness (QED) is 0.663. The zero-order valence-corrected chi connectivity index (χ0v) is 8.92. The average molecular weight is 233 g/mol. The Morgan fingerprint density at radius 1 is 1.36 bits per heavy atom. The van der Waals surface area contributed by atoms with Gasteiger partial charge in [-0.3, -0.25) is 0 Å². The van der Waals surface area contributed by atoms with Gasteiger partial charge in [0.05, 0.1) is 14.6 Å². The van der Waals surface area contributed by atoms with E-state index in [9.17, 15) is 8.78 Å². The van der Waals surface area contributed by atoms with Crippen molar-refractivity contribution in [2.45, 2.75) is 13.3 Å². The van der Waals surface area contributed by atoms with Gasteiger partial charge in [-0.15, -0.1) is 11.3 Å². The van der Waals surface area contributed by atoms with Gasteiger partial charge in [0.15, 0.2) is 0 Å². The van der Waals surface area contributed by atoms with Gasteiger partial charge in [0.25, 0.3) is 6.43 Å². The van der Waals surface area contributed by atoms with Crippen molar-refractivity contribution in [3.05, 3.63) is 33.7 Å². The van der Waals surface area contributed by atoms with Crippen LogP contribution in [0.1, 0.15) is 16.9 Å². The van der Waals surface area contributed by atoms with Crippen molar-refractivity contribution in [3.8, 4) is 0 Å². The number of benzene rings is 1. The van der Waals surface area contributed by atoms with Gasteiger partial charge in [-0.1, -0.05) is 23.7 Å². The largest absolute Gasteiger partial charge is 0.273 e. The number of aryl methyl sites for hydroxylation is 1. The van der Waals surface area contributed by atoms with Gasteiger partial charge >= 0.3 is 0 Å². The summed E-state index contributed by atoms with van der Waals surface area (Å²) < 4.78 is 25.9. The second kappa shape index (κ2) is 3.48. The fourth-order valence-electron chi connectivity index (χ4n) is 1.44. The molecule has 0 saturated carbocycles. The molecule has 0 radical (unpaired) electrons. The second-order valence-corrected chi connectivity index (χ2v) is 4.47. The summed E-state index contributed by atoms with van der Waals surface area (Å²) in [5.41, 5.74) is 0.641. The van der Waals surface area contributed by atoms with Crippen LogP contribution < -0.4 is 0 Å². The van der Waals surface area contributed by atoms with Gasteiger partial charge < -0.3 is 0 Å². The third-order valence-corrected chi connectivity index (χ3v) is 3.93. The van der Waals surface area contributed by atoms with E-state index in [1.54, 1.807) is 19.1 Å². The van der Waals surface area contributed by atoms with Crippen LogP contribution in [0.4, 0.5) is 8.78 Å². The lowest BCUT2D eigenvalue weighted by Crippen LogP contribution is -1.80. The molecule has 74 valence electrons. The summed E-state index contributed by atoms with van der Waals surface area (Å²) >= 11 is 6.99. The van der Waals surface area contributed by atoms with Crippen molar-refractivity contribution >= 4 is 33.0 Å². The van der Waals surface area contributed by atoms with Crippen LogP contribution >= 0.6 is 22.9 Å². The Bertz CT molecular complexity index is 476. The summed E-state index contributed by atoms with van der Waals surface area (Å²) in [4.78, 5) is 0.119. The number of hydrogen-bond acceptors (Lipinski definition) is 1. The van der Waals surface area contributed by atoms with Crippen LogP contribution in [0.3, 0.4) is 0 Å². The van der Waals surface area contributed by atoms with Crippen molar-refractivity contribution in [1.29, 1.82) is 0 Å². The Hall–Kier alpha value is -0.670. The average Bonchev–Trinajstić information content (AvgIpc) is 2.46. The molecule has 0 saturated heterocycles. The summed E-state index contributed by atoms with van der Waals surface area (Å²) in [6, 6.07) is 5.31. The number of hydrogen-bond donors (Lipinski definition) is 0. The van der Waals surface area contributed by atoms with E-state index >= 15 is 0 Å². The van der Waals surface area contributed by atoms with Crippen LogP contribution in [0.5, 0.6) is 0 Å². The molecule has 0 bridgehead atoms. The predicted octanol–water partition coefficient (Wildman–Crippen LogP) is 4.80. The highest BCUT2D eigenvalue weighted by atomic mass is 35.5. The highest BCUT2D eigenvalue weighted by Gasteiger charge is 2.17. The van der Waals surface area contributed by atoms with Gasteiger partial charge in [0.1, 0.15) is 0 Å². The van der Waals surface area contributed by atoms with Crippen molar-refractivity contribution < 1.29 is 8.78 Å². The molecule has 4 heteroatoms. The maximum atomic E-state index is 12.6. The summed E-state index contributed by atoms with van der Waals surface area (Å²) in [7, 11) is 0. The van der Waals surface area contributed by atoms with E-state index in [0.717, 1.165) is 21.4 Å². The van der Waals surface area contributed by atoms with E-state index < -0.39 is 6.43 Å². The zero-order chi connectivity index (χ0) is 10.3. The highest BCUT2D eigenvalue weighted by molar-refractivity contribution is 7.20. The lowest BCUT2D eigenvalue weighted by molar-refractivity contribution is 0.155. The number of rotatable bonds is 1.